The Kier molecular flexibility index (Phi) is 33.7. The number of benzene rings is 16. The summed E-state index contributed by atoms with van der Waals surface area (Å²) in [6.07, 6.45) is 0. The average molecular weight is 2210 g/mol. The second kappa shape index (κ2) is 45.5. The quantitative estimate of drug-likeness (QED) is 0.0424. The van der Waals surface area contributed by atoms with Crippen LogP contribution in [-0.4, -0.2) is 24.2 Å². The van der Waals surface area contributed by atoms with Gasteiger partial charge in [-0.15, -0.1) is 166 Å². The van der Waals surface area contributed by atoms with Crippen molar-refractivity contribution >= 4 is 80.2 Å². The molecule has 0 saturated carbocycles. The molecule has 0 aliphatic carbocycles. The molecule has 8 nitrogen and oxygen atoms in total. The third-order valence-electron chi connectivity index (χ3n) is 24.2. The first-order valence-electron chi connectivity index (χ1n) is 46.1. The number of methoxy groups -OCH3 is 2. The van der Waals surface area contributed by atoms with E-state index in [1.54, 1.807) is 14.2 Å². The van der Waals surface area contributed by atoms with E-state index in [0.717, 1.165) is 144 Å². The molecule has 18 rings (SSSR count). The Bertz CT molecular complexity index is 6490. The third kappa shape index (κ3) is 24.9. The maximum absolute atomic E-state index is 15.2. The number of ether oxygens (including phenoxy) is 2. The predicted octanol–water partition coefficient (Wildman–Crippen LogP) is 30.4. The van der Waals surface area contributed by atoms with Crippen LogP contribution in [0, 0.1) is 50.2 Å². The first-order valence-corrected chi connectivity index (χ1v) is 49.6. The van der Waals surface area contributed by atoms with Gasteiger partial charge in [0.25, 0.3) is 0 Å². The van der Waals surface area contributed by atoms with E-state index in [9.17, 15) is 0 Å². The molecule has 0 fully saturated rings. The molecule has 0 aliphatic rings. The predicted molar refractivity (Wildman–Crippen MR) is 573 cm³/mol. The monoisotopic (exact) mass is 2200 g/mol. The van der Waals surface area contributed by atoms with Crippen LogP contribution >= 0.6 is 14.3 Å². The zero-order valence-corrected chi connectivity index (χ0v) is 87.3. The molecule has 0 N–H and O–H groups in total. The van der Waals surface area contributed by atoms with Crippen LogP contribution in [0.1, 0.15) is 116 Å². The summed E-state index contributed by atoms with van der Waals surface area (Å²) in [6.45, 7) is 30.6. The Balaban J connectivity index is 0.000000168. The van der Waals surface area contributed by atoms with Crippen molar-refractivity contribution in [1.82, 2.24) is 9.97 Å². The number of rotatable bonds is 20. The number of aryl methyl sites for hydroxylation is 2. The molecule has 0 aliphatic heterocycles. The molecule has 0 unspecified atom stereocenters. The van der Waals surface area contributed by atoms with Crippen molar-refractivity contribution in [1.29, 1.82) is 0 Å². The number of para-hydroxylation sites is 4. The molecule has 18 aromatic rings. The molecule has 2 heterocycles. The van der Waals surface area contributed by atoms with Crippen LogP contribution in [0.25, 0.3) is 67.3 Å². The van der Waals surface area contributed by atoms with E-state index >= 15 is 9.13 Å². The molecule has 0 saturated heterocycles. The Hall–Kier alpha value is -13.0. The van der Waals surface area contributed by atoms with E-state index in [2.05, 4.69) is 386 Å². The molecule has 0 bridgehead atoms. The number of hydrogen-bond acceptors (Lipinski definition) is 8. The van der Waals surface area contributed by atoms with Crippen LogP contribution in [0.5, 0.6) is 11.5 Å². The average Bonchev–Trinajstić information content (AvgIpc) is 0.760. The molecule has 16 aromatic carbocycles. The van der Waals surface area contributed by atoms with Gasteiger partial charge >= 0.3 is 44.8 Å². The van der Waals surface area contributed by atoms with Crippen LogP contribution < -0.4 is 51.1 Å². The largest absolute Gasteiger partial charge is 3.00 e. The van der Waals surface area contributed by atoms with Gasteiger partial charge in [-0.2, -0.15) is 36.4 Å². The van der Waals surface area contributed by atoms with Crippen LogP contribution in [0.2, 0.25) is 0 Å². The van der Waals surface area contributed by atoms with Gasteiger partial charge in [-0.3, -0.25) is 0 Å². The van der Waals surface area contributed by atoms with Crippen LogP contribution in [0.4, 0.5) is 34.1 Å². The zero-order valence-electron chi connectivity index (χ0n) is 81.2. The van der Waals surface area contributed by atoms with Crippen LogP contribution in [0.3, 0.4) is 0 Å². The molecule has 0 amide bonds. The van der Waals surface area contributed by atoms with Crippen molar-refractivity contribution in [3.63, 3.8) is 0 Å². The number of nitrogens with zero attached hydrogens (tertiary/aromatic N) is 4. The second-order valence-corrected chi connectivity index (χ2v) is 43.7. The fourth-order valence-electron chi connectivity index (χ4n) is 16.1. The molecule has 696 valence electrons. The first kappa shape index (κ1) is 102. The smallest absolute Gasteiger partial charge is 0.497 e. The van der Waals surface area contributed by atoms with E-state index in [-0.39, 0.29) is 66.4 Å². The van der Waals surface area contributed by atoms with E-state index in [4.69, 9.17) is 19.4 Å². The minimum absolute atomic E-state index is 0. The fraction of sp³-hybridized carbons (Fsp3) is 0.159. The summed E-state index contributed by atoms with van der Waals surface area (Å²) in [5.41, 5.74) is 25.4. The van der Waals surface area contributed by atoms with Crippen molar-refractivity contribution in [3.8, 4) is 78.8 Å². The van der Waals surface area contributed by atoms with Crippen LogP contribution in [0.15, 0.2) is 413 Å². The fourth-order valence-corrected chi connectivity index (χ4v) is 21.3. The maximum atomic E-state index is 15.2. The van der Waals surface area contributed by atoms with E-state index in [1.807, 2.05) is 170 Å². The molecule has 138 heavy (non-hydrogen) atoms. The van der Waals surface area contributed by atoms with Gasteiger partial charge in [0.2, 0.25) is 0 Å². The van der Waals surface area contributed by atoms with Gasteiger partial charge in [0.15, 0.2) is 14.3 Å². The van der Waals surface area contributed by atoms with Gasteiger partial charge in [0.1, 0.15) is 11.5 Å². The third-order valence-corrected chi connectivity index (χ3v) is 30.4. The van der Waals surface area contributed by atoms with Gasteiger partial charge < -0.3 is 38.4 Å². The van der Waals surface area contributed by atoms with Gasteiger partial charge in [0, 0.05) is 54.6 Å². The standard InChI is InChI=1S/C45H44NO3P.C45H44NOP.2C18H14N.2Au/c1-44(2,3)35-15-9-32(10-16-35)42-29-34(30-43(46-42)33-11-17-36(18-12-33)45(4,5)6)31-13-23-39(24-14-31)50(47,40-25-19-37(48-7)20-26-40)41-27-21-38(49-8)22-28-41;1-31-9-23-39(24-10-31)48(47,40-25-11-32(2)12-26-40)41-27-17-33(18-28-41)36-29-42(34-13-19-37(20-14-34)44(3,4)5)46-43(30-36)35-15-21-38(22-16-35)45(6,7)8;2*1-4-10-16(11-5-1)19(17-12-6-2-7-13-17)18-14-8-3-9-15-18;;/h9,11,13-30H,1-8H3;9-13,15,17-30H,1-8H3;2*1-2,4-15H;;/q2*-2;2*-1;2*+3. The summed E-state index contributed by atoms with van der Waals surface area (Å²) in [7, 11) is -3.08. The van der Waals surface area contributed by atoms with E-state index < -0.39 is 14.3 Å². The normalized spacial score (nSPS) is 11.4. The summed E-state index contributed by atoms with van der Waals surface area (Å²) >= 11 is 0. The van der Waals surface area contributed by atoms with Crippen molar-refractivity contribution in [2.75, 3.05) is 24.0 Å². The van der Waals surface area contributed by atoms with Crippen molar-refractivity contribution in [2.45, 2.75) is 119 Å². The molecule has 12 heteroatoms. The van der Waals surface area contributed by atoms with Crippen molar-refractivity contribution < 1.29 is 63.4 Å². The molecule has 0 atom stereocenters. The summed E-state index contributed by atoms with van der Waals surface area (Å²) in [5.74, 6) is 1.43. The van der Waals surface area contributed by atoms with Gasteiger partial charge in [-0.05, 0) is 178 Å². The number of hydrogen-bond donors (Lipinski definition) is 0. The minimum atomic E-state index is -3.23. The van der Waals surface area contributed by atoms with Crippen molar-refractivity contribution in [2.24, 2.45) is 0 Å². The van der Waals surface area contributed by atoms with E-state index in [0.29, 0.717) is 11.5 Å². The number of aromatic nitrogens is 2. The second-order valence-electron chi connectivity index (χ2n) is 38.1. The summed E-state index contributed by atoms with van der Waals surface area (Å²) in [5, 5.41) is 4.68. The maximum Gasteiger partial charge on any atom is 3.00 e. The minimum Gasteiger partial charge on any atom is -0.497 e. The van der Waals surface area contributed by atoms with Gasteiger partial charge in [-0.25, -0.2) is 0 Å². The summed E-state index contributed by atoms with van der Waals surface area (Å²) in [6, 6.07) is 159. The molecule has 0 radical (unpaired) electrons. The Labute approximate surface area is 850 Å². The molecule has 2 aromatic heterocycles. The Morgan fingerprint density at radius 1 is 0.254 bits per heavy atom. The van der Waals surface area contributed by atoms with Crippen LogP contribution in [-0.2, 0) is 75.6 Å². The van der Waals surface area contributed by atoms with Gasteiger partial charge in [-0.1, -0.05) is 300 Å². The number of anilines is 6. The van der Waals surface area contributed by atoms with Crippen molar-refractivity contribution in [3.05, 3.63) is 482 Å². The molecular weight excluding hydrogens is 2090 g/mol. The Morgan fingerprint density at radius 3 is 0.667 bits per heavy atom. The SMILES string of the molecule is COc1ccc(P(=O)(c2ccc(OC)cc2)c2ccc(-c3cc(-c4[c-]cc(C(C)(C)C)cc4)nc(-c4[c-]cc(C(C)(C)C)cc4)c3)cc2)cc1.Cc1ccc(P(=O)(c2ccc(C)cc2)c2ccc(-c3cc(-c4[c-]cc(C(C)(C)C)cc4)nc(-c4[c-]cc(C(C)(C)C)cc4)c3)cc2)cc1.[Au+3].[Au+3].[c-]1ccc(N(c2ccccc2)c2ccccc2)cc1.[c-]1ccc(N(c2ccccc2)c2ccccc2)cc1. The zero-order chi connectivity index (χ0) is 95.8. The summed E-state index contributed by atoms with van der Waals surface area (Å²) < 4.78 is 41.2. The Morgan fingerprint density at radius 2 is 0.464 bits per heavy atom. The molecule has 0 spiro atoms. The summed E-state index contributed by atoms with van der Waals surface area (Å²) in [4.78, 5) is 14.7. The van der Waals surface area contributed by atoms with E-state index in [1.165, 1.54) is 22.3 Å². The first-order chi connectivity index (χ1) is 65.4. The number of pyridine rings is 2. The molecular formula is C126H116Au2N4O4P2. The topological polar surface area (TPSA) is 84.9 Å². The van der Waals surface area contributed by atoms with Gasteiger partial charge in [0.05, 0.1) is 14.2 Å².